The van der Waals surface area contributed by atoms with Crippen LogP contribution in [0.5, 0.6) is 0 Å². The molecule has 0 saturated heterocycles. The number of rotatable bonds is 5. The van der Waals surface area contributed by atoms with Crippen molar-refractivity contribution >= 4 is 74.7 Å². The van der Waals surface area contributed by atoms with Gasteiger partial charge in [0.1, 0.15) is 0 Å². The van der Waals surface area contributed by atoms with Crippen LogP contribution in [0, 0.1) is 0 Å². The minimum absolute atomic E-state index is 0.810. The van der Waals surface area contributed by atoms with E-state index in [1.165, 1.54) is 57.9 Å². The van der Waals surface area contributed by atoms with Crippen molar-refractivity contribution in [1.29, 1.82) is 0 Å². The van der Waals surface area contributed by atoms with Gasteiger partial charge in [0.25, 0.3) is 0 Å². The van der Waals surface area contributed by atoms with Crippen molar-refractivity contribution in [2.45, 2.75) is 0 Å². The summed E-state index contributed by atoms with van der Waals surface area (Å²) >= 11 is 1.85. The van der Waals surface area contributed by atoms with Gasteiger partial charge in [-0.05, 0) is 109 Å². The number of fused-ring (bicyclic) bond motifs is 11. The van der Waals surface area contributed by atoms with Crippen molar-refractivity contribution in [3.8, 4) is 56.3 Å². The summed E-state index contributed by atoms with van der Waals surface area (Å²) in [5.41, 5.74) is 10.8. The van der Waals surface area contributed by atoms with Gasteiger partial charge in [-0.25, -0.2) is 9.97 Å². The van der Waals surface area contributed by atoms with Crippen molar-refractivity contribution in [2.75, 3.05) is 0 Å². The Labute approximate surface area is 343 Å². The Hall–Kier alpha value is -7.60. The minimum Gasteiger partial charge on any atom is -0.255 e. The van der Waals surface area contributed by atoms with Crippen LogP contribution >= 0.6 is 11.3 Å². The van der Waals surface area contributed by atoms with Gasteiger partial charge in [0.15, 0.2) is 0 Å². The number of aromatic nitrogens is 4. The predicted octanol–water partition coefficient (Wildman–Crippen LogP) is 14.6. The Morgan fingerprint density at radius 3 is 1.46 bits per heavy atom. The van der Waals surface area contributed by atoms with Gasteiger partial charge in [0.05, 0.1) is 34.0 Å². The molecule has 12 rings (SSSR count). The lowest BCUT2D eigenvalue weighted by Gasteiger charge is -2.13. The summed E-state index contributed by atoms with van der Waals surface area (Å²) in [6.07, 6.45) is 3.61. The van der Waals surface area contributed by atoms with Crippen LogP contribution in [-0.2, 0) is 0 Å². The first kappa shape index (κ1) is 33.5. The van der Waals surface area contributed by atoms with Crippen molar-refractivity contribution in [3.63, 3.8) is 0 Å². The summed E-state index contributed by atoms with van der Waals surface area (Å²) < 4.78 is 2.53. The lowest BCUT2D eigenvalue weighted by atomic mass is 9.92. The predicted molar refractivity (Wildman–Crippen MR) is 248 cm³/mol. The Morgan fingerprint density at radius 1 is 0.322 bits per heavy atom. The zero-order valence-corrected chi connectivity index (χ0v) is 32.5. The van der Waals surface area contributed by atoms with Crippen LogP contribution in [0.3, 0.4) is 0 Å². The summed E-state index contributed by atoms with van der Waals surface area (Å²) in [5, 5.41) is 11.2. The third-order valence-electron chi connectivity index (χ3n) is 11.6. The van der Waals surface area contributed by atoms with E-state index in [2.05, 4.69) is 156 Å². The second-order valence-electron chi connectivity index (χ2n) is 15.0. The molecule has 0 aliphatic rings. The molecule has 5 aromatic heterocycles. The molecule has 0 fully saturated rings. The molecule has 274 valence electrons. The highest BCUT2D eigenvalue weighted by atomic mass is 32.1. The van der Waals surface area contributed by atoms with Crippen molar-refractivity contribution < 1.29 is 0 Å². The largest absolute Gasteiger partial charge is 0.255 e. The first-order valence-electron chi connectivity index (χ1n) is 19.8. The van der Waals surface area contributed by atoms with E-state index >= 15 is 0 Å². The van der Waals surface area contributed by atoms with E-state index in [0.717, 1.165) is 61.8 Å². The zero-order valence-electron chi connectivity index (χ0n) is 31.7. The molecule has 0 saturated carbocycles. The third kappa shape index (κ3) is 5.58. The van der Waals surface area contributed by atoms with E-state index in [-0.39, 0.29) is 0 Å². The second-order valence-corrected chi connectivity index (χ2v) is 16.0. The molecule has 0 bridgehead atoms. The molecule has 7 aromatic carbocycles. The smallest absolute Gasteiger partial charge is 0.0900 e. The molecule has 12 aromatic rings. The molecule has 4 nitrogen and oxygen atoms in total. The van der Waals surface area contributed by atoms with Gasteiger partial charge in [-0.1, -0.05) is 127 Å². The van der Waals surface area contributed by atoms with Crippen molar-refractivity contribution in [3.05, 3.63) is 194 Å². The number of pyridine rings is 4. The molecular formula is C54H32N4S. The molecule has 0 unspecified atom stereocenters. The van der Waals surface area contributed by atoms with Crippen LogP contribution in [-0.4, -0.2) is 19.9 Å². The van der Waals surface area contributed by atoms with Crippen LogP contribution < -0.4 is 0 Å². The van der Waals surface area contributed by atoms with Crippen LogP contribution in [0.1, 0.15) is 0 Å². The van der Waals surface area contributed by atoms with Crippen molar-refractivity contribution in [1.82, 2.24) is 19.9 Å². The van der Waals surface area contributed by atoms with Gasteiger partial charge in [-0.3, -0.25) is 9.97 Å². The van der Waals surface area contributed by atoms with E-state index in [0.29, 0.717) is 0 Å². The van der Waals surface area contributed by atoms with E-state index in [1.54, 1.807) is 12.4 Å². The van der Waals surface area contributed by atoms with Gasteiger partial charge < -0.3 is 0 Å². The molecule has 0 radical (unpaired) electrons. The monoisotopic (exact) mass is 768 g/mol. The normalized spacial score (nSPS) is 11.7. The molecular weight excluding hydrogens is 737 g/mol. The summed E-state index contributed by atoms with van der Waals surface area (Å²) in [4.78, 5) is 19.7. The first-order chi connectivity index (χ1) is 29.2. The SMILES string of the molecule is c1ccc(-c2cc(-c3ccc(-c4ccc5c(c4)nc(-c4ccc6c7ccccc7c7ccccc7c6c4)c4c6ccccc6sc54)cc3)cc(-c3ccccn3)n2)nc1. The third-order valence-corrected chi connectivity index (χ3v) is 12.8. The highest BCUT2D eigenvalue weighted by molar-refractivity contribution is 7.26. The molecule has 0 aliphatic carbocycles. The molecule has 0 aliphatic heterocycles. The second kappa shape index (κ2) is 13.5. The Kier molecular flexibility index (Phi) is 7.68. The van der Waals surface area contributed by atoms with Crippen molar-refractivity contribution in [2.24, 2.45) is 0 Å². The first-order valence-corrected chi connectivity index (χ1v) is 20.6. The quantitative estimate of drug-likeness (QED) is 0.164. The molecule has 0 spiro atoms. The molecule has 0 atom stereocenters. The fourth-order valence-corrected chi connectivity index (χ4v) is 9.99. The Balaban J connectivity index is 1.00. The van der Waals surface area contributed by atoms with Crippen LogP contribution in [0.4, 0.5) is 0 Å². The average molecular weight is 769 g/mol. The average Bonchev–Trinajstić information content (AvgIpc) is 3.72. The van der Waals surface area contributed by atoms with Gasteiger partial charge in [-0.2, -0.15) is 0 Å². The van der Waals surface area contributed by atoms with Gasteiger partial charge >= 0.3 is 0 Å². The fraction of sp³-hybridized carbons (Fsp3) is 0. The molecule has 5 heteroatoms. The lowest BCUT2D eigenvalue weighted by Crippen LogP contribution is -1.94. The standard InChI is InChI=1S/C54H32N4S/c1-2-13-40-38(11-1)39-12-3-4-14-41(39)45-29-36(24-25-42(40)45)53-52-44-15-5-6-18-51(44)59-54(52)43-26-23-35(30-48(43)58-53)33-19-21-34(22-20-33)37-31-49(46-16-7-9-27-55-46)57-50(32-37)47-17-8-10-28-56-47/h1-32H. The Bertz CT molecular complexity index is 3500. The summed E-state index contributed by atoms with van der Waals surface area (Å²) in [5.74, 6) is 0. The Morgan fingerprint density at radius 2 is 0.831 bits per heavy atom. The maximum Gasteiger partial charge on any atom is 0.0900 e. The van der Waals surface area contributed by atoms with E-state index in [4.69, 9.17) is 9.97 Å². The summed E-state index contributed by atoms with van der Waals surface area (Å²) in [6.45, 7) is 0. The van der Waals surface area contributed by atoms with Crippen LogP contribution in [0.15, 0.2) is 194 Å². The number of benzene rings is 7. The van der Waals surface area contributed by atoms with E-state index in [9.17, 15) is 0 Å². The number of hydrogen-bond acceptors (Lipinski definition) is 5. The molecule has 0 N–H and O–H groups in total. The maximum atomic E-state index is 5.56. The van der Waals surface area contributed by atoms with Gasteiger partial charge in [0, 0.05) is 43.5 Å². The van der Waals surface area contributed by atoms with Gasteiger partial charge in [0.2, 0.25) is 0 Å². The fourth-order valence-electron chi connectivity index (χ4n) is 8.75. The summed E-state index contributed by atoms with van der Waals surface area (Å²) in [7, 11) is 0. The van der Waals surface area contributed by atoms with E-state index in [1.807, 2.05) is 47.7 Å². The van der Waals surface area contributed by atoms with Crippen LogP contribution in [0.25, 0.3) is 120 Å². The highest BCUT2D eigenvalue weighted by Gasteiger charge is 2.19. The number of thiophene rings is 1. The number of nitrogens with zero attached hydrogens (tertiary/aromatic N) is 4. The highest BCUT2D eigenvalue weighted by Crippen LogP contribution is 2.45. The molecule has 59 heavy (non-hydrogen) atoms. The van der Waals surface area contributed by atoms with E-state index < -0.39 is 0 Å². The van der Waals surface area contributed by atoms with Gasteiger partial charge in [-0.15, -0.1) is 11.3 Å². The summed E-state index contributed by atoms with van der Waals surface area (Å²) in [6, 6.07) is 64.8. The molecule has 0 amide bonds. The zero-order chi connectivity index (χ0) is 38.9. The topological polar surface area (TPSA) is 51.6 Å². The lowest BCUT2D eigenvalue weighted by molar-refractivity contribution is 1.22. The minimum atomic E-state index is 0.810. The maximum absolute atomic E-state index is 5.56. The number of hydrogen-bond donors (Lipinski definition) is 0. The molecule has 5 heterocycles. The van der Waals surface area contributed by atoms with Crippen LogP contribution in [0.2, 0.25) is 0 Å².